The number of thioether (sulfide) groups is 1. The Balaban J connectivity index is 1.64. The zero-order valence-electron chi connectivity index (χ0n) is 13.5. The monoisotopic (exact) mass is 410 g/mol. The Hall–Kier alpha value is -2.09. The number of nitrogens with one attached hydrogen (secondary N) is 1. The highest BCUT2D eigenvalue weighted by atomic mass is 35.5. The fourth-order valence-corrected chi connectivity index (χ4v) is 3.36. The minimum absolute atomic E-state index is 0.133. The number of anilines is 1. The summed E-state index contributed by atoms with van der Waals surface area (Å²) in [4.78, 5) is 12.1. The van der Waals surface area contributed by atoms with Gasteiger partial charge in [0.1, 0.15) is 5.82 Å². The van der Waals surface area contributed by atoms with E-state index in [2.05, 4.69) is 15.5 Å². The average molecular weight is 411 g/mol. The number of halogens is 3. The van der Waals surface area contributed by atoms with Gasteiger partial charge < -0.3 is 9.88 Å². The van der Waals surface area contributed by atoms with Crippen molar-refractivity contribution in [1.29, 1.82) is 0 Å². The average Bonchev–Trinajstić information content (AvgIpc) is 2.97. The van der Waals surface area contributed by atoms with E-state index in [-0.39, 0.29) is 17.5 Å². The highest BCUT2D eigenvalue weighted by molar-refractivity contribution is 7.99. The number of hydrogen-bond donors (Lipinski definition) is 1. The second kappa shape index (κ2) is 8.07. The molecule has 26 heavy (non-hydrogen) atoms. The van der Waals surface area contributed by atoms with Gasteiger partial charge in [0.15, 0.2) is 11.0 Å². The van der Waals surface area contributed by atoms with E-state index >= 15 is 0 Å². The largest absolute Gasteiger partial charge is 0.324 e. The number of aromatic nitrogens is 3. The number of carbonyl (C=O) groups is 1. The quantitative estimate of drug-likeness (QED) is 0.621. The number of rotatable bonds is 5. The molecule has 134 valence electrons. The van der Waals surface area contributed by atoms with Crippen LogP contribution in [0.15, 0.2) is 47.6 Å². The molecule has 0 unspecified atom stereocenters. The molecular formula is C17H13Cl2FN4OS. The van der Waals surface area contributed by atoms with Crippen LogP contribution in [0.2, 0.25) is 10.0 Å². The van der Waals surface area contributed by atoms with Crippen molar-refractivity contribution >= 4 is 46.6 Å². The molecule has 2 aromatic carbocycles. The summed E-state index contributed by atoms with van der Waals surface area (Å²) in [5, 5.41) is 12.3. The molecule has 5 nitrogen and oxygen atoms in total. The van der Waals surface area contributed by atoms with Gasteiger partial charge in [-0.2, -0.15) is 0 Å². The van der Waals surface area contributed by atoms with Crippen LogP contribution in [0.5, 0.6) is 0 Å². The van der Waals surface area contributed by atoms with Crippen LogP contribution in [-0.4, -0.2) is 26.4 Å². The van der Waals surface area contributed by atoms with Crippen LogP contribution in [-0.2, 0) is 11.8 Å². The minimum atomic E-state index is -0.317. The van der Waals surface area contributed by atoms with Crippen molar-refractivity contribution in [2.24, 2.45) is 7.05 Å². The first kappa shape index (κ1) is 18.7. The summed E-state index contributed by atoms with van der Waals surface area (Å²) in [7, 11) is 1.79. The molecule has 9 heteroatoms. The molecule has 1 amide bonds. The van der Waals surface area contributed by atoms with Crippen LogP contribution in [0.1, 0.15) is 0 Å². The van der Waals surface area contributed by atoms with Gasteiger partial charge >= 0.3 is 0 Å². The van der Waals surface area contributed by atoms with Gasteiger partial charge in [-0.3, -0.25) is 4.79 Å². The third kappa shape index (κ3) is 4.35. The van der Waals surface area contributed by atoms with Crippen LogP contribution in [0.25, 0.3) is 11.4 Å². The topological polar surface area (TPSA) is 59.8 Å². The lowest BCUT2D eigenvalue weighted by Crippen LogP contribution is -2.14. The standard InChI is InChI=1S/C17H13Cl2FN4OS/c1-24-16(10-2-5-12(20)6-3-10)22-23-17(24)26-9-15(25)21-14-7-4-11(18)8-13(14)19/h2-8H,9H2,1H3,(H,21,25). The number of benzene rings is 2. The zero-order valence-corrected chi connectivity index (χ0v) is 15.9. The highest BCUT2D eigenvalue weighted by Gasteiger charge is 2.14. The summed E-state index contributed by atoms with van der Waals surface area (Å²) in [6, 6.07) is 10.8. The van der Waals surface area contributed by atoms with E-state index in [1.165, 1.54) is 23.9 Å². The van der Waals surface area contributed by atoms with Gasteiger partial charge in [0.2, 0.25) is 5.91 Å². The van der Waals surface area contributed by atoms with Crippen LogP contribution in [0.3, 0.4) is 0 Å². The molecule has 0 saturated heterocycles. The van der Waals surface area contributed by atoms with Gasteiger partial charge in [-0.25, -0.2) is 4.39 Å². The second-order valence-electron chi connectivity index (χ2n) is 5.33. The summed E-state index contributed by atoms with van der Waals surface area (Å²) in [5.41, 5.74) is 1.23. The lowest BCUT2D eigenvalue weighted by molar-refractivity contribution is -0.113. The maximum atomic E-state index is 13.0. The number of nitrogens with zero attached hydrogens (tertiary/aromatic N) is 3. The van der Waals surface area contributed by atoms with Crippen molar-refractivity contribution in [3.05, 3.63) is 58.3 Å². The third-order valence-electron chi connectivity index (χ3n) is 3.47. The molecule has 1 N–H and O–H groups in total. The van der Waals surface area contributed by atoms with Crippen molar-refractivity contribution in [3.63, 3.8) is 0 Å². The molecular weight excluding hydrogens is 398 g/mol. The number of amides is 1. The Kier molecular flexibility index (Phi) is 5.80. The van der Waals surface area contributed by atoms with Gasteiger partial charge in [-0.15, -0.1) is 10.2 Å². The Morgan fingerprint density at radius 2 is 1.92 bits per heavy atom. The Morgan fingerprint density at radius 3 is 2.62 bits per heavy atom. The zero-order chi connectivity index (χ0) is 18.7. The fourth-order valence-electron chi connectivity index (χ4n) is 2.20. The summed E-state index contributed by atoms with van der Waals surface area (Å²) in [6.45, 7) is 0. The third-order valence-corrected chi connectivity index (χ3v) is 5.04. The van der Waals surface area contributed by atoms with Crippen LogP contribution < -0.4 is 5.32 Å². The first-order chi connectivity index (χ1) is 12.4. The van der Waals surface area contributed by atoms with Gasteiger partial charge in [-0.1, -0.05) is 35.0 Å². The summed E-state index contributed by atoms with van der Waals surface area (Å²) < 4.78 is 14.8. The number of carbonyl (C=O) groups excluding carboxylic acids is 1. The highest BCUT2D eigenvalue weighted by Crippen LogP contribution is 2.26. The van der Waals surface area contributed by atoms with E-state index in [0.717, 1.165) is 5.56 Å². The van der Waals surface area contributed by atoms with Gasteiger partial charge in [-0.05, 0) is 42.5 Å². The van der Waals surface area contributed by atoms with E-state index in [0.29, 0.717) is 26.7 Å². The lowest BCUT2D eigenvalue weighted by atomic mass is 10.2. The van der Waals surface area contributed by atoms with E-state index in [9.17, 15) is 9.18 Å². The fraction of sp³-hybridized carbons (Fsp3) is 0.118. The Bertz CT molecular complexity index is 946. The summed E-state index contributed by atoms with van der Waals surface area (Å²) >= 11 is 13.1. The van der Waals surface area contributed by atoms with E-state index in [1.807, 2.05) is 0 Å². The molecule has 0 fully saturated rings. The van der Waals surface area contributed by atoms with E-state index in [1.54, 1.807) is 41.9 Å². The smallest absolute Gasteiger partial charge is 0.234 e. The first-order valence-electron chi connectivity index (χ1n) is 7.47. The summed E-state index contributed by atoms with van der Waals surface area (Å²) in [6.07, 6.45) is 0. The molecule has 3 rings (SSSR count). The van der Waals surface area contributed by atoms with Gasteiger partial charge in [0.05, 0.1) is 16.5 Å². The molecule has 1 aromatic heterocycles. The lowest BCUT2D eigenvalue weighted by Gasteiger charge is -2.07. The van der Waals surface area contributed by atoms with E-state index in [4.69, 9.17) is 23.2 Å². The predicted octanol–water partition coefficient (Wildman–Crippen LogP) is 4.66. The van der Waals surface area contributed by atoms with Gasteiger partial charge in [0, 0.05) is 17.6 Å². The summed E-state index contributed by atoms with van der Waals surface area (Å²) in [5.74, 6) is 0.177. The molecule has 0 bridgehead atoms. The van der Waals surface area contributed by atoms with Crippen molar-refractivity contribution in [3.8, 4) is 11.4 Å². The normalized spacial score (nSPS) is 10.8. The molecule has 0 atom stereocenters. The van der Waals surface area contributed by atoms with Crippen LogP contribution in [0.4, 0.5) is 10.1 Å². The van der Waals surface area contributed by atoms with E-state index < -0.39 is 0 Å². The van der Waals surface area contributed by atoms with Crippen LogP contribution in [0, 0.1) is 5.82 Å². The van der Waals surface area contributed by atoms with Crippen molar-refractivity contribution in [2.75, 3.05) is 11.1 Å². The molecule has 0 aliphatic carbocycles. The van der Waals surface area contributed by atoms with Gasteiger partial charge in [0.25, 0.3) is 0 Å². The predicted molar refractivity (Wildman–Crippen MR) is 102 cm³/mol. The number of hydrogen-bond acceptors (Lipinski definition) is 4. The molecule has 0 spiro atoms. The Labute approximate surface area is 163 Å². The Morgan fingerprint density at radius 1 is 1.19 bits per heavy atom. The molecule has 0 aliphatic heterocycles. The molecule has 0 aliphatic rings. The second-order valence-corrected chi connectivity index (χ2v) is 7.12. The minimum Gasteiger partial charge on any atom is -0.324 e. The molecule has 0 saturated carbocycles. The maximum Gasteiger partial charge on any atom is 0.234 e. The SMILES string of the molecule is Cn1c(SCC(=O)Nc2ccc(Cl)cc2Cl)nnc1-c1ccc(F)cc1. The first-order valence-corrected chi connectivity index (χ1v) is 9.21. The molecule has 3 aromatic rings. The van der Waals surface area contributed by atoms with Crippen molar-refractivity contribution < 1.29 is 9.18 Å². The molecule has 0 radical (unpaired) electrons. The maximum absolute atomic E-state index is 13.0. The van der Waals surface area contributed by atoms with Crippen molar-refractivity contribution in [1.82, 2.24) is 14.8 Å². The van der Waals surface area contributed by atoms with Crippen molar-refractivity contribution in [2.45, 2.75) is 5.16 Å². The molecule has 1 heterocycles. The van der Waals surface area contributed by atoms with Crippen LogP contribution >= 0.6 is 35.0 Å².